The molecule has 0 spiro atoms. The fraction of sp³-hybridized carbons (Fsp3) is 0.556. The molecule has 0 unspecified atom stereocenters. The zero-order chi connectivity index (χ0) is 14.7. The van der Waals surface area contributed by atoms with Crippen LogP contribution in [-0.2, 0) is 0 Å². The first-order valence-corrected chi connectivity index (χ1v) is 8.49. The predicted molar refractivity (Wildman–Crippen MR) is 87.0 cm³/mol. The van der Waals surface area contributed by atoms with E-state index in [-0.39, 0.29) is 10.8 Å². The van der Waals surface area contributed by atoms with Gasteiger partial charge in [0, 0.05) is 12.6 Å². The van der Waals surface area contributed by atoms with Crippen LogP contribution in [0.2, 0.25) is 5.02 Å². The van der Waals surface area contributed by atoms with Crippen LogP contribution in [0.5, 0.6) is 0 Å². The Bertz CT molecular complexity index is 516. The molecule has 1 N–H and O–H groups in total. The molecule has 21 heavy (non-hydrogen) atoms. The first-order valence-electron chi connectivity index (χ1n) is 8.11. The minimum absolute atomic E-state index is 0.197. The highest BCUT2D eigenvalue weighted by atomic mass is 35.5. The molecule has 1 nitrogen and oxygen atoms in total. The second-order valence-electron chi connectivity index (χ2n) is 6.38. The van der Waals surface area contributed by atoms with Crippen LogP contribution in [0.25, 0.3) is 6.08 Å². The van der Waals surface area contributed by atoms with Crippen molar-refractivity contribution in [3.63, 3.8) is 0 Å². The molecule has 0 radical (unpaired) electrons. The minimum atomic E-state index is -0.330. The third-order valence-electron chi connectivity index (χ3n) is 4.60. The summed E-state index contributed by atoms with van der Waals surface area (Å²) >= 11 is 5.77. The number of hydrogen-bond acceptors (Lipinski definition) is 1. The molecule has 0 aliphatic heterocycles. The van der Waals surface area contributed by atoms with Crippen molar-refractivity contribution >= 4 is 17.7 Å². The zero-order valence-corrected chi connectivity index (χ0v) is 13.1. The molecule has 2 aliphatic rings. The van der Waals surface area contributed by atoms with Gasteiger partial charge in [-0.3, -0.25) is 0 Å². The zero-order valence-electron chi connectivity index (χ0n) is 12.4. The van der Waals surface area contributed by atoms with Crippen molar-refractivity contribution in [1.82, 2.24) is 5.32 Å². The van der Waals surface area contributed by atoms with Crippen molar-refractivity contribution in [1.29, 1.82) is 0 Å². The van der Waals surface area contributed by atoms with Crippen molar-refractivity contribution in [3.8, 4) is 0 Å². The Labute approximate surface area is 131 Å². The van der Waals surface area contributed by atoms with Crippen LogP contribution in [-0.4, -0.2) is 12.6 Å². The van der Waals surface area contributed by atoms with Crippen LogP contribution in [0.4, 0.5) is 4.39 Å². The Hall–Kier alpha value is -0.860. The average molecular weight is 308 g/mol. The minimum Gasteiger partial charge on any atom is -0.310 e. The number of rotatable bonds is 5. The number of nitrogens with one attached hydrogen (secondary N) is 1. The van der Waals surface area contributed by atoms with E-state index < -0.39 is 0 Å². The lowest BCUT2D eigenvalue weighted by Crippen LogP contribution is -2.24. The Morgan fingerprint density at radius 1 is 1.19 bits per heavy atom. The molecule has 3 rings (SSSR count). The van der Waals surface area contributed by atoms with Gasteiger partial charge >= 0.3 is 0 Å². The summed E-state index contributed by atoms with van der Waals surface area (Å²) in [5, 5.41) is 3.81. The maximum atomic E-state index is 13.6. The maximum Gasteiger partial charge on any atom is 0.142 e. The van der Waals surface area contributed by atoms with Gasteiger partial charge in [-0.25, -0.2) is 4.39 Å². The Balaban J connectivity index is 1.77. The summed E-state index contributed by atoms with van der Waals surface area (Å²) in [5.41, 5.74) is 2.36. The molecule has 2 saturated carbocycles. The molecule has 0 aromatic heterocycles. The van der Waals surface area contributed by atoms with Gasteiger partial charge in [-0.2, -0.15) is 0 Å². The molecular weight excluding hydrogens is 285 g/mol. The summed E-state index contributed by atoms with van der Waals surface area (Å²) in [6.45, 7) is 0.944. The van der Waals surface area contributed by atoms with Gasteiger partial charge in [-0.15, -0.1) is 0 Å². The van der Waals surface area contributed by atoms with E-state index in [2.05, 4.69) is 11.4 Å². The lowest BCUT2D eigenvalue weighted by molar-refractivity contribution is 0.396. The van der Waals surface area contributed by atoms with Crippen molar-refractivity contribution in [2.45, 2.75) is 51.0 Å². The van der Waals surface area contributed by atoms with Crippen LogP contribution in [0.15, 0.2) is 23.8 Å². The van der Waals surface area contributed by atoms with Crippen LogP contribution < -0.4 is 5.32 Å². The highest BCUT2D eigenvalue weighted by Crippen LogP contribution is 2.31. The van der Waals surface area contributed by atoms with E-state index in [9.17, 15) is 4.39 Å². The largest absolute Gasteiger partial charge is 0.310 e. The highest BCUT2D eigenvalue weighted by Gasteiger charge is 2.23. The third-order valence-corrected chi connectivity index (χ3v) is 4.90. The molecule has 1 aromatic rings. The molecule has 0 atom stereocenters. The molecule has 2 fully saturated rings. The Kier molecular flexibility index (Phi) is 4.97. The van der Waals surface area contributed by atoms with E-state index in [0.29, 0.717) is 12.0 Å². The molecule has 0 bridgehead atoms. The lowest BCUT2D eigenvalue weighted by atomic mass is 9.83. The van der Waals surface area contributed by atoms with E-state index in [1.165, 1.54) is 50.5 Å². The monoisotopic (exact) mass is 307 g/mol. The smallest absolute Gasteiger partial charge is 0.142 e. The topological polar surface area (TPSA) is 12.0 Å². The second kappa shape index (κ2) is 6.93. The fourth-order valence-corrected chi connectivity index (χ4v) is 3.27. The van der Waals surface area contributed by atoms with E-state index >= 15 is 0 Å². The van der Waals surface area contributed by atoms with Gasteiger partial charge in [-0.05, 0) is 49.3 Å². The second-order valence-corrected chi connectivity index (χ2v) is 6.79. The first-order chi connectivity index (χ1) is 10.2. The maximum absolute atomic E-state index is 13.6. The first kappa shape index (κ1) is 15.1. The van der Waals surface area contributed by atoms with E-state index in [1.807, 2.05) is 6.07 Å². The van der Waals surface area contributed by atoms with Gasteiger partial charge < -0.3 is 5.32 Å². The van der Waals surface area contributed by atoms with E-state index in [1.54, 1.807) is 12.1 Å². The third kappa shape index (κ3) is 4.31. The summed E-state index contributed by atoms with van der Waals surface area (Å²) in [6, 6.07) is 5.81. The summed E-state index contributed by atoms with van der Waals surface area (Å²) in [4.78, 5) is 0. The van der Waals surface area contributed by atoms with Gasteiger partial charge in [0.25, 0.3) is 0 Å². The standard InChI is InChI=1S/C18H23ClFN/c19-17-9-6-13(11-18(17)20)10-15(12-21-16-7-8-16)14-4-2-1-3-5-14/h6,9-11,14,16,21H,1-5,7-8,12H2/b15-10-. The van der Waals surface area contributed by atoms with Crippen LogP contribution in [0.3, 0.4) is 0 Å². The summed E-state index contributed by atoms with van der Waals surface area (Å²) in [5.74, 6) is 0.326. The number of hydrogen-bond donors (Lipinski definition) is 1. The van der Waals surface area contributed by atoms with Gasteiger partial charge in [-0.1, -0.05) is 48.6 Å². The lowest BCUT2D eigenvalue weighted by Gasteiger charge is -2.25. The SMILES string of the molecule is Fc1cc(/C=C(/CNC2CC2)C2CCCCC2)ccc1Cl. The van der Waals surface area contributed by atoms with Gasteiger partial charge in [0.05, 0.1) is 5.02 Å². The van der Waals surface area contributed by atoms with E-state index in [0.717, 1.165) is 12.1 Å². The van der Waals surface area contributed by atoms with Crippen molar-refractivity contribution in [2.75, 3.05) is 6.54 Å². The van der Waals surface area contributed by atoms with Gasteiger partial charge in [0.2, 0.25) is 0 Å². The van der Waals surface area contributed by atoms with Crippen LogP contribution in [0, 0.1) is 11.7 Å². The van der Waals surface area contributed by atoms with Crippen molar-refractivity contribution in [3.05, 3.63) is 40.2 Å². The Morgan fingerprint density at radius 2 is 1.95 bits per heavy atom. The van der Waals surface area contributed by atoms with Crippen LogP contribution >= 0.6 is 11.6 Å². The van der Waals surface area contributed by atoms with Crippen LogP contribution in [0.1, 0.15) is 50.5 Å². The van der Waals surface area contributed by atoms with E-state index in [4.69, 9.17) is 11.6 Å². The van der Waals surface area contributed by atoms with Gasteiger partial charge in [0.1, 0.15) is 5.82 Å². The average Bonchev–Trinajstić information content (AvgIpc) is 3.32. The molecule has 0 amide bonds. The molecular formula is C18H23ClFN. The van der Waals surface area contributed by atoms with Crippen molar-refractivity contribution < 1.29 is 4.39 Å². The number of benzene rings is 1. The van der Waals surface area contributed by atoms with Gasteiger partial charge in [0.15, 0.2) is 0 Å². The fourth-order valence-electron chi connectivity index (χ4n) is 3.15. The summed E-state index contributed by atoms with van der Waals surface area (Å²) in [6.07, 6.45) is 11.3. The molecule has 0 heterocycles. The predicted octanol–water partition coefficient (Wildman–Crippen LogP) is 5.19. The molecule has 3 heteroatoms. The molecule has 1 aromatic carbocycles. The normalized spacial score (nSPS) is 20.8. The quantitative estimate of drug-likeness (QED) is 0.789. The summed E-state index contributed by atoms with van der Waals surface area (Å²) in [7, 11) is 0. The molecule has 0 saturated heterocycles. The molecule has 2 aliphatic carbocycles. The van der Waals surface area contributed by atoms with Crippen molar-refractivity contribution in [2.24, 2.45) is 5.92 Å². The Morgan fingerprint density at radius 3 is 2.62 bits per heavy atom. The summed E-state index contributed by atoms with van der Waals surface area (Å²) < 4.78 is 13.6. The molecule has 114 valence electrons. The number of halogens is 2. The highest BCUT2D eigenvalue weighted by molar-refractivity contribution is 6.30.